The zero-order valence-electron chi connectivity index (χ0n) is 63.7. The summed E-state index contributed by atoms with van der Waals surface area (Å²) in [4.78, 5) is 71.7. The molecule has 21 rings (SSSR count). The summed E-state index contributed by atoms with van der Waals surface area (Å²) in [5.41, 5.74) is 13.2. The number of para-hydroxylation sites is 9. The van der Waals surface area contributed by atoms with Crippen molar-refractivity contribution >= 4 is 180 Å². The Balaban J connectivity index is 0.000000104. The van der Waals surface area contributed by atoms with Crippen LogP contribution in [0.25, 0.3) is 152 Å². The molecule has 558 valence electrons. The highest BCUT2D eigenvalue weighted by molar-refractivity contribution is 7.21. The Morgan fingerprint density at radius 1 is 0.289 bits per heavy atom. The van der Waals surface area contributed by atoms with E-state index < -0.39 is 0 Å². The fourth-order valence-electron chi connectivity index (χ4n) is 15.5. The Kier molecular flexibility index (Phi) is 20.4. The van der Waals surface area contributed by atoms with Gasteiger partial charge in [-0.1, -0.05) is 175 Å². The van der Waals surface area contributed by atoms with Crippen LogP contribution in [0.3, 0.4) is 0 Å². The van der Waals surface area contributed by atoms with Gasteiger partial charge in [-0.05, 0) is 157 Å². The van der Waals surface area contributed by atoms with Crippen LogP contribution in [0.15, 0.2) is 338 Å². The van der Waals surface area contributed by atoms with Gasteiger partial charge >= 0.3 is 0 Å². The van der Waals surface area contributed by atoms with Crippen LogP contribution < -0.4 is 42.0 Å². The molecular weight excluding hydrogens is 1460 g/mol. The second-order valence-electron chi connectivity index (χ2n) is 27.7. The van der Waals surface area contributed by atoms with E-state index >= 15 is 0 Å². The van der Waals surface area contributed by atoms with E-state index in [9.17, 15) is 24.0 Å². The lowest BCUT2D eigenvalue weighted by Crippen LogP contribution is -2.10. The van der Waals surface area contributed by atoms with E-state index in [4.69, 9.17) is 26.1 Å². The molecule has 0 amide bonds. The van der Waals surface area contributed by atoms with Crippen molar-refractivity contribution in [3.8, 4) is 11.5 Å². The molecule has 0 bridgehead atoms. The van der Waals surface area contributed by atoms with Crippen LogP contribution in [0.2, 0.25) is 5.02 Å². The number of pyridine rings is 6. The highest BCUT2D eigenvalue weighted by Crippen LogP contribution is 2.31. The maximum atomic E-state index is 12.7. The molecule has 14 aromatic carbocycles. The summed E-state index contributed by atoms with van der Waals surface area (Å²) in [6.45, 7) is 0. The van der Waals surface area contributed by atoms with Gasteiger partial charge in [0.05, 0.1) is 96.0 Å². The molecule has 0 spiro atoms. The largest absolute Gasteiger partial charge is 0.497 e. The first kappa shape index (κ1) is 74.1. The topological polar surface area (TPSA) is 159 Å². The van der Waals surface area contributed by atoms with Crippen LogP contribution in [0.4, 0.5) is 5.13 Å². The number of fused-ring (bicyclic) bond motifs is 15. The number of aromatic nitrogens is 7. The van der Waals surface area contributed by atoms with Gasteiger partial charge in [-0.15, -0.1) is 0 Å². The summed E-state index contributed by atoms with van der Waals surface area (Å²) in [7, 11) is 15.2. The highest BCUT2D eigenvalue weighted by Gasteiger charge is 2.16. The van der Waals surface area contributed by atoms with Gasteiger partial charge in [0.15, 0.2) is 27.1 Å². The molecule has 7 aromatic heterocycles. The third-order valence-corrected chi connectivity index (χ3v) is 22.4. The third kappa shape index (κ3) is 13.6. The van der Waals surface area contributed by atoms with Crippen molar-refractivity contribution < 1.29 is 9.47 Å². The van der Waals surface area contributed by atoms with E-state index in [1.54, 1.807) is 43.8 Å². The molecule has 17 heteroatoms. The number of ether oxygens (including phenoxy) is 2. The minimum absolute atomic E-state index is 0.0381. The van der Waals surface area contributed by atoms with Crippen LogP contribution in [0.5, 0.6) is 11.5 Å². The van der Waals surface area contributed by atoms with Crippen LogP contribution in [0, 0.1) is 0 Å². The lowest BCUT2D eigenvalue weighted by Gasteiger charge is -2.12. The smallest absolute Gasteiger partial charge is 0.210 e. The molecule has 7 heterocycles. The van der Waals surface area contributed by atoms with Crippen LogP contribution in [-0.4, -0.2) is 46.6 Å². The van der Waals surface area contributed by atoms with Gasteiger partial charge < -0.3 is 36.9 Å². The Hall–Kier alpha value is -14.1. The second-order valence-corrected chi connectivity index (χ2v) is 29.1. The molecular formula is C97H75ClN8O7S. The first-order chi connectivity index (χ1) is 55.5. The molecule has 114 heavy (non-hydrogen) atoms. The maximum Gasteiger partial charge on any atom is 0.210 e. The Bertz CT molecular complexity index is 7700. The van der Waals surface area contributed by atoms with E-state index in [1.165, 1.54) is 11.0 Å². The van der Waals surface area contributed by atoms with Gasteiger partial charge in [-0.3, -0.25) is 24.0 Å². The summed E-state index contributed by atoms with van der Waals surface area (Å²) in [5, 5.41) is 14.3. The highest BCUT2D eigenvalue weighted by atomic mass is 35.5. The fraction of sp³-hybridized carbons (Fsp3) is 0.0825. The number of aryl methyl sites for hydroxylation is 6. The van der Waals surface area contributed by atoms with E-state index in [2.05, 4.69) is 92.5 Å². The Labute approximate surface area is 661 Å². The van der Waals surface area contributed by atoms with E-state index in [-0.39, 0.29) is 27.1 Å². The minimum Gasteiger partial charge on any atom is -0.497 e. The van der Waals surface area contributed by atoms with Crippen LogP contribution in [-0.2, 0) is 42.3 Å². The monoisotopic (exact) mass is 1530 g/mol. The number of methoxy groups -OCH3 is 2. The van der Waals surface area contributed by atoms with E-state index in [0.717, 1.165) is 146 Å². The van der Waals surface area contributed by atoms with Gasteiger partial charge in [-0.2, -0.15) is 0 Å². The predicted molar refractivity (Wildman–Crippen MR) is 474 cm³/mol. The first-order valence-corrected chi connectivity index (χ1v) is 38.2. The zero-order chi connectivity index (χ0) is 79.0. The lowest BCUT2D eigenvalue weighted by atomic mass is 10.0. The number of thiazole rings is 1. The molecule has 0 aliphatic carbocycles. The molecule has 0 atom stereocenters. The average Bonchev–Trinajstić information content (AvgIpc) is 0.947. The second kappa shape index (κ2) is 31.4. The van der Waals surface area contributed by atoms with Crippen molar-refractivity contribution in [3.63, 3.8) is 0 Å². The Morgan fingerprint density at radius 2 is 0.605 bits per heavy atom. The quantitative estimate of drug-likeness (QED) is 0.125. The molecule has 0 saturated carbocycles. The summed E-state index contributed by atoms with van der Waals surface area (Å²) >= 11 is 7.57. The molecule has 0 aliphatic heterocycles. The van der Waals surface area contributed by atoms with Crippen molar-refractivity contribution in [1.82, 2.24) is 32.4 Å². The maximum absolute atomic E-state index is 12.7. The molecule has 0 N–H and O–H groups in total. The number of nitrogens with zero attached hydrogens (tertiary/aromatic N) is 8. The number of halogens is 1. The number of hydrogen-bond donors (Lipinski definition) is 0. The van der Waals surface area contributed by atoms with Crippen molar-refractivity contribution in [2.24, 2.45) is 47.3 Å². The predicted octanol–water partition coefficient (Wildman–Crippen LogP) is 20.5. The normalized spacial score (nSPS) is 11.2. The zero-order valence-corrected chi connectivity index (χ0v) is 65.2. The summed E-state index contributed by atoms with van der Waals surface area (Å²) in [6, 6.07) is 99.7. The van der Waals surface area contributed by atoms with Gasteiger partial charge in [0.1, 0.15) is 11.5 Å². The first-order valence-electron chi connectivity index (χ1n) is 37.0. The number of benzene rings is 14. The molecule has 0 saturated heterocycles. The standard InChI is InChI=1S/C21H15N3S.C18H13NO.2C15H13NO2.C14H10ClNO.C14H11NO/c1-24-17-11-5-2-8-14(17)20(15-9-3-6-12-18(15)24)23-21-22-16-10-4-7-13-19(16)25-21;1-19-16-9-5-4-8-14(16)18(20)15-11-10-12-6-2-3-7-13(12)17(15)19;1-16-13-6-4-3-5-11(13)15(17)12-9-10(18-2)7-8-14(12)16;1-16-13-6-4-3-5-11(13)15(17)12-8-7-10(18-2)9-14(12)16;1-16-12-5-3-2-4-10(12)14(17)11-8-9(15)6-7-13(11)16;1-15-12-8-4-2-6-10(12)14(16)11-7-3-5-9-13(11)15/h2-13H,1H3;2-11H,1H3;2*3-9H,1-2H3;2-8H,1H3;2-9H,1H3. The lowest BCUT2D eigenvalue weighted by molar-refractivity contribution is 0.415. The van der Waals surface area contributed by atoms with Crippen LogP contribution >= 0.6 is 22.9 Å². The molecule has 21 aromatic rings. The van der Waals surface area contributed by atoms with Gasteiger partial charge in [0.25, 0.3) is 0 Å². The van der Waals surface area contributed by atoms with Gasteiger partial charge in [-0.25, -0.2) is 9.98 Å². The molecule has 0 aliphatic rings. The van der Waals surface area contributed by atoms with Gasteiger partial charge in [0.2, 0.25) is 5.13 Å². The number of hydrogen-bond acceptors (Lipinski definition) is 10. The molecule has 15 nitrogen and oxygen atoms in total. The van der Waals surface area contributed by atoms with E-state index in [1.807, 2.05) is 273 Å². The third-order valence-electron chi connectivity index (χ3n) is 21.3. The SMILES string of the molecule is COc1ccc2c(=O)c3ccccc3n(C)c2c1.COc1ccc2c(c1)c(=O)c1ccccc1n2C.Cn1c2ccccc2c(=Nc2nc3ccccc3s2)c2ccccc21.Cn1c2ccccc2c(=O)c2cc(Cl)ccc21.Cn1c2ccccc2c(=O)c2ccc3ccccc3c21.Cn1c2ccccc2c(=O)c2ccccc21. The summed E-state index contributed by atoms with van der Waals surface area (Å²) in [6.07, 6.45) is 0. The van der Waals surface area contributed by atoms with Crippen LogP contribution in [0.1, 0.15) is 0 Å². The van der Waals surface area contributed by atoms with E-state index in [0.29, 0.717) is 21.5 Å². The van der Waals surface area contributed by atoms with Crippen molar-refractivity contribution in [2.45, 2.75) is 0 Å². The van der Waals surface area contributed by atoms with Gasteiger partial charge in [0, 0.05) is 123 Å². The number of rotatable bonds is 3. The molecule has 0 fully saturated rings. The summed E-state index contributed by atoms with van der Waals surface area (Å²) < 4.78 is 24.0. The molecule has 0 radical (unpaired) electrons. The van der Waals surface area contributed by atoms with Crippen molar-refractivity contribution in [1.29, 1.82) is 0 Å². The Morgan fingerprint density at radius 3 is 1.06 bits per heavy atom. The fourth-order valence-corrected chi connectivity index (χ4v) is 16.5. The van der Waals surface area contributed by atoms with Crippen molar-refractivity contribution in [3.05, 3.63) is 371 Å². The average molecular weight is 1530 g/mol. The molecule has 0 unspecified atom stereocenters. The van der Waals surface area contributed by atoms with Crippen molar-refractivity contribution in [2.75, 3.05) is 14.2 Å². The summed E-state index contributed by atoms with van der Waals surface area (Å²) in [5.74, 6) is 1.46. The minimum atomic E-state index is 0.0381.